The van der Waals surface area contributed by atoms with Gasteiger partial charge in [-0.3, -0.25) is 77.3 Å². The summed E-state index contributed by atoms with van der Waals surface area (Å²) >= 11 is 0. The van der Waals surface area contributed by atoms with Crippen molar-refractivity contribution in [3.8, 4) is 5.75 Å². The molecule has 5 aromatic rings. The van der Waals surface area contributed by atoms with Gasteiger partial charge in [0.05, 0.1) is 31.8 Å². The largest absolute Gasteiger partial charge is 0.508 e. The summed E-state index contributed by atoms with van der Waals surface area (Å²) in [7, 11) is 0. The fourth-order valence-corrected chi connectivity index (χ4v) is 13.8. The van der Waals surface area contributed by atoms with Gasteiger partial charge in [0.1, 0.15) is 78.3 Å². The van der Waals surface area contributed by atoms with Crippen LogP contribution >= 0.6 is 0 Å². The van der Waals surface area contributed by atoms with E-state index in [2.05, 4.69) is 94.1 Å². The molecule has 0 aliphatic carbocycles. The van der Waals surface area contributed by atoms with Gasteiger partial charge >= 0.3 is 5.97 Å². The molecule has 0 spiro atoms. The molecule has 1 aliphatic heterocycles. The first-order valence-electron chi connectivity index (χ1n) is 41.6. The highest BCUT2D eigenvalue weighted by atomic mass is 16.4. The molecule has 6 rings (SSSR count). The highest BCUT2D eigenvalue weighted by molar-refractivity contribution is 6.01. The normalized spacial score (nSPS) is 14.9. The predicted molar refractivity (Wildman–Crippen MR) is 454 cm³/mol. The van der Waals surface area contributed by atoms with Crippen molar-refractivity contribution in [2.75, 3.05) is 45.9 Å². The Hall–Kier alpha value is -13.3. The molecule has 12 atom stereocenters. The van der Waals surface area contributed by atoms with Crippen molar-refractivity contribution >= 4 is 106 Å². The number of fused-ring (bicyclic) bond motifs is 1. The highest BCUT2D eigenvalue weighted by Crippen LogP contribution is 2.23. The van der Waals surface area contributed by atoms with Crippen LogP contribution in [0.1, 0.15) is 146 Å². The standard InChI is InChI=1S/C82H118N24O19/c1-4-5-21-55(97-79(123)64(45-108)103-76(120)60(38-49-27-29-52(109)30-28-49)100-78(122)63(44-107)95-66(110)26-10-7-15-35-93-105-87)72(116)98-57(31-32-68(112)113)74(118)102-62(40-51-42-88-46-92-51)77(121)99-59(37-48-18-8-6-9-19-48)75(119)96-56(24-16-34-89-82(85)86)73(117)101-61(39-50-41-90-54-22-12-11-20-53(50)54)71(115)91-43-67(111)94-58(23-13-14-33-83)81(125)106-36-17-25-65(106)80(124)104-69(47(2)3)70(84)114/h6,8-9,11-12,18-20,22,27-30,41-42,46-47,55-65,69,90,107-109H,4-5,7,10,13-17,21,23-26,31-40,43-45,83H2,1-3H3,(H2,84,114)(H,88,92)(H,91,115)(H,94,111)(H,95,110)(H,96,119)(H,97,123)(H,98,116)(H,99,121)(H,100,122)(H,101,117)(H,102,118)(H,103,120)(H,104,124)(H,112,113)(H4,85,86,89)/t55-,56-,57-,58-,59+,60-,61-,62-,63-,64-,65-,69-/m0/s1. The summed E-state index contributed by atoms with van der Waals surface area (Å²) in [6, 6.07) is 2.72. The maximum Gasteiger partial charge on any atom is 0.303 e. The van der Waals surface area contributed by atoms with Gasteiger partial charge in [-0.2, -0.15) is 0 Å². The summed E-state index contributed by atoms with van der Waals surface area (Å²) in [6.45, 7) is 3.00. The molecule has 43 heteroatoms. The maximum atomic E-state index is 15.2. The number of carbonyl (C=O) groups is 15. The second-order valence-corrected chi connectivity index (χ2v) is 30.6. The zero-order chi connectivity index (χ0) is 91.5. The third-order valence-corrected chi connectivity index (χ3v) is 20.6. The van der Waals surface area contributed by atoms with E-state index in [0.29, 0.717) is 72.5 Å². The number of phenolic OH excluding ortho intramolecular Hbond substituents is 1. The minimum absolute atomic E-state index is 0.0101. The molecule has 0 saturated carbocycles. The lowest BCUT2D eigenvalue weighted by molar-refractivity contribution is -0.142. The summed E-state index contributed by atoms with van der Waals surface area (Å²) in [5.41, 5.74) is 27.8. The number of aromatic hydroxyl groups is 1. The number of aliphatic carboxylic acids is 1. The van der Waals surface area contributed by atoms with E-state index in [-0.39, 0.29) is 108 Å². The van der Waals surface area contributed by atoms with Gasteiger partial charge in [0, 0.05) is 86.4 Å². The third kappa shape index (κ3) is 34.2. The lowest BCUT2D eigenvalue weighted by atomic mass is 10.0. The number of hydrogen-bond donors (Lipinski definition) is 23. The molecule has 2 aromatic heterocycles. The molecule has 3 aromatic carbocycles. The molecular formula is C82H118N24O19. The molecule has 3 heterocycles. The number of primary amides is 1. The van der Waals surface area contributed by atoms with Crippen molar-refractivity contribution in [2.24, 2.45) is 28.2 Å². The Morgan fingerprint density at radius 3 is 1.66 bits per heavy atom. The number of carboxylic acids is 1. The number of aromatic amines is 2. The number of carboxylic acid groups (broad SMARTS) is 1. The number of guanidine groups is 1. The average Bonchev–Trinajstić information content (AvgIpc) is 1.73. The second kappa shape index (κ2) is 52.9. The van der Waals surface area contributed by atoms with E-state index < -0.39 is 206 Å². The van der Waals surface area contributed by atoms with Crippen molar-refractivity contribution in [2.45, 2.75) is 222 Å². The van der Waals surface area contributed by atoms with Crippen LogP contribution in [0.15, 0.2) is 103 Å². The maximum absolute atomic E-state index is 15.2. The van der Waals surface area contributed by atoms with Crippen LogP contribution in [0.3, 0.4) is 0 Å². The topological polar surface area (TPSA) is 692 Å². The number of aliphatic hydroxyl groups excluding tert-OH is 2. The summed E-state index contributed by atoms with van der Waals surface area (Å²) in [5.74, 6) is -15.2. The molecule has 125 heavy (non-hydrogen) atoms. The Bertz CT molecular complexity index is 4490. The van der Waals surface area contributed by atoms with Crippen LogP contribution in [0, 0.1) is 11.3 Å². The van der Waals surface area contributed by atoms with Crippen LogP contribution in [-0.2, 0) is 97.6 Å². The Kier molecular flexibility index (Phi) is 42.6. The minimum Gasteiger partial charge on any atom is -0.508 e. The number of unbranched alkanes of at least 4 members (excludes halogenated alkanes) is 4. The van der Waals surface area contributed by atoms with Gasteiger partial charge in [-0.15, -0.1) is 0 Å². The highest BCUT2D eigenvalue weighted by Gasteiger charge is 2.41. The number of nitrogens with zero attached hydrogens (tertiary/aromatic N) is 5. The van der Waals surface area contributed by atoms with Crippen LogP contribution < -0.4 is 86.3 Å². The number of hydrogen-bond acceptors (Lipinski definition) is 22. The molecule has 0 bridgehead atoms. The molecular weight excluding hydrogens is 1630 g/mol. The number of amides is 14. The predicted octanol–water partition coefficient (Wildman–Crippen LogP) is -2.25. The zero-order valence-electron chi connectivity index (χ0n) is 70.2. The van der Waals surface area contributed by atoms with Gasteiger partial charge < -0.3 is 122 Å². The van der Waals surface area contributed by atoms with Crippen LogP contribution in [0.25, 0.3) is 21.3 Å². The first kappa shape index (κ1) is 101. The smallest absolute Gasteiger partial charge is 0.303 e. The third-order valence-electron chi connectivity index (χ3n) is 20.6. The molecule has 14 amide bonds. The van der Waals surface area contributed by atoms with Gasteiger partial charge in [0.15, 0.2) is 5.96 Å². The Morgan fingerprint density at radius 2 is 1.10 bits per heavy atom. The summed E-state index contributed by atoms with van der Waals surface area (Å²) < 4.78 is 0. The van der Waals surface area contributed by atoms with E-state index in [1.807, 2.05) is 0 Å². The van der Waals surface area contributed by atoms with Gasteiger partial charge in [0.25, 0.3) is 0 Å². The number of para-hydroxylation sites is 1. The molecule has 680 valence electrons. The molecule has 1 fully saturated rings. The van der Waals surface area contributed by atoms with E-state index in [0.717, 1.165) is 0 Å². The van der Waals surface area contributed by atoms with Gasteiger partial charge in [-0.1, -0.05) is 106 Å². The summed E-state index contributed by atoms with van der Waals surface area (Å²) in [4.78, 5) is 225. The zero-order valence-corrected chi connectivity index (χ0v) is 70.2. The molecule has 26 N–H and O–H groups in total. The number of aromatic nitrogens is 3. The Balaban J connectivity index is 1.24. The number of carbonyl (C=O) groups excluding carboxylic acids is 14. The second-order valence-electron chi connectivity index (χ2n) is 30.6. The number of nitrogens with two attached hydrogens (primary N) is 3. The van der Waals surface area contributed by atoms with E-state index in [1.54, 1.807) is 81.6 Å². The number of nitrogens with one attached hydrogen (secondary N) is 16. The van der Waals surface area contributed by atoms with Crippen LogP contribution in [0.2, 0.25) is 0 Å². The number of rotatable bonds is 56. The Labute approximate surface area is 721 Å². The average molecular weight is 1740 g/mol. The first-order chi connectivity index (χ1) is 59.9. The number of likely N-dealkylation sites (tertiary alicyclic amines) is 1. The molecule has 43 nitrogen and oxygen atoms in total. The van der Waals surface area contributed by atoms with E-state index >= 15 is 14.4 Å². The van der Waals surface area contributed by atoms with E-state index in [4.69, 9.17) is 28.1 Å². The van der Waals surface area contributed by atoms with Crippen molar-refractivity contribution in [3.05, 3.63) is 130 Å². The molecule has 1 aliphatic rings. The van der Waals surface area contributed by atoms with Crippen molar-refractivity contribution in [3.63, 3.8) is 0 Å². The number of imidazole rings is 1. The number of aliphatic hydroxyl groups is 2. The van der Waals surface area contributed by atoms with E-state index in [9.17, 15) is 78.0 Å². The van der Waals surface area contributed by atoms with Gasteiger partial charge in [-0.05, 0) is 124 Å². The van der Waals surface area contributed by atoms with Gasteiger partial charge in [-0.25, -0.2) is 4.98 Å². The fourth-order valence-electron chi connectivity index (χ4n) is 13.8. The SMILES string of the molecule is CCCC[C@H](NC(=O)[C@H](CO)NC(=O)[C@H](Cc1ccc(O)cc1)NC(=O)[C@H](CO)NC(=O)CCCCCN=[N+]=[N-])C(=O)N[C@@H](CCC(=O)O)C(=O)N[C@@H](Cc1c[nH]cn1)C(=O)N[C@H](Cc1ccccc1)C(=O)N[C@@H](CCCNC(=N)N)C(=O)N[C@@H](Cc1c[nH]c2ccccc12)C(=O)NCC(=O)N[C@@H](CCCCN)C(=O)N1CCC[C@H]1C(=O)N[C@H](C(N)=O)C(C)C. The monoisotopic (exact) mass is 1740 g/mol. The first-order valence-corrected chi connectivity index (χ1v) is 41.6. The molecule has 0 radical (unpaired) electrons. The minimum atomic E-state index is -1.86. The van der Waals surface area contributed by atoms with Gasteiger partial charge in [0.2, 0.25) is 82.7 Å². The number of benzene rings is 3. The molecule has 0 unspecified atom stereocenters. The van der Waals surface area contributed by atoms with E-state index in [1.165, 1.54) is 41.7 Å². The van der Waals surface area contributed by atoms with Crippen molar-refractivity contribution < 1.29 is 92.3 Å². The Morgan fingerprint density at radius 1 is 0.568 bits per heavy atom. The quantitative estimate of drug-likeness (QED) is 0.00488. The van der Waals surface area contributed by atoms with Crippen LogP contribution in [-0.4, -0.2) is 253 Å². The number of H-pyrrole nitrogens is 2. The number of phenols is 1. The summed E-state index contributed by atoms with van der Waals surface area (Å²) in [5, 5.41) is 86.2. The van der Waals surface area contributed by atoms with Crippen molar-refractivity contribution in [1.29, 1.82) is 5.41 Å². The fraction of sp³-hybridized carbons (Fsp3) is 0.524. The lowest BCUT2D eigenvalue weighted by Crippen LogP contribution is -2.61. The lowest BCUT2D eigenvalue weighted by Gasteiger charge is -2.30. The number of azide groups is 1. The molecule has 1 saturated heterocycles. The van der Waals surface area contributed by atoms with Crippen LogP contribution in [0.4, 0.5) is 0 Å². The van der Waals surface area contributed by atoms with Crippen LogP contribution in [0.5, 0.6) is 5.75 Å². The van der Waals surface area contributed by atoms with Crippen molar-refractivity contribution in [1.82, 2.24) is 89.0 Å². The summed E-state index contributed by atoms with van der Waals surface area (Å²) in [6.07, 6.45) is 4.85.